The van der Waals surface area contributed by atoms with E-state index < -0.39 is 0 Å². The maximum Gasteiger partial charge on any atom is 0.141 e. The monoisotopic (exact) mass is 236 g/mol. The lowest BCUT2D eigenvalue weighted by molar-refractivity contribution is -0.117. The number of hydrogen-bond donors (Lipinski definition) is 0. The molecule has 0 aliphatic rings. The first-order valence-corrected chi connectivity index (χ1v) is 6.01. The summed E-state index contributed by atoms with van der Waals surface area (Å²) >= 11 is 0. The van der Waals surface area contributed by atoms with Gasteiger partial charge in [-0.25, -0.2) is 0 Å². The number of ketones is 1. The summed E-state index contributed by atoms with van der Waals surface area (Å²) < 4.78 is 0. The van der Waals surface area contributed by atoms with E-state index in [-0.39, 0.29) is 11.7 Å². The van der Waals surface area contributed by atoms with Crippen LogP contribution in [0.15, 0.2) is 67.3 Å². The van der Waals surface area contributed by atoms with Crippen LogP contribution in [0.4, 0.5) is 0 Å². The Morgan fingerprint density at radius 1 is 1.06 bits per heavy atom. The van der Waals surface area contributed by atoms with Crippen molar-refractivity contribution in [2.24, 2.45) is 0 Å². The fourth-order valence-corrected chi connectivity index (χ4v) is 2.16. The first kappa shape index (κ1) is 12.3. The van der Waals surface area contributed by atoms with Crippen LogP contribution in [-0.4, -0.2) is 5.78 Å². The molecule has 1 atom stereocenters. The lowest BCUT2D eigenvalue weighted by atomic mass is 9.88. The lowest BCUT2D eigenvalue weighted by Crippen LogP contribution is -2.07. The van der Waals surface area contributed by atoms with Gasteiger partial charge in [-0.05, 0) is 23.6 Å². The minimum absolute atomic E-state index is 0.119. The van der Waals surface area contributed by atoms with Crippen molar-refractivity contribution in [1.29, 1.82) is 0 Å². The average molecular weight is 236 g/mol. The molecule has 1 heteroatoms. The van der Waals surface area contributed by atoms with Crippen molar-refractivity contribution in [3.8, 4) is 11.1 Å². The van der Waals surface area contributed by atoms with E-state index in [2.05, 4.69) is 18.7 Å². The average Bonchev–Trinajstić information content (AvgIpc) is 2.41. The van der Waals surface area contributed by atoms with E-state index in [0.29, 0.717) is 0 Å². The molecule has 0 radical (unpaired) electrons. The second kappa shape index (κ2) is 5.46. The molecular formula is C17H16O. The third-order valence-electron chi connectivity index (χ3n) is 3.05. The molecule has 0 saturated heterocycles. The number of benzene rings is 2. The number of Topliss-reactive ketones (excluding diaryl/α,β-unsaturated/α-hetero) is 1. The molecule has 18 heavy (non-hydrogen) atoms. The predicted octanol–water partition coefficient (Wildman–Crippen LogP) is 4.21. The van der Waals surface area contributed by atoms with E-state index in [0.717, 1.165) is 16.7 Å². The Hall–Kier alpha value is -2.15. The van der Waals surface area contributed by atoms with Gasteiger partial charge in [-0.3, -0.25) is 4.79 Å². The van der Waals surface area contributed by atoms with E-state index in [1.807, 2.05) is 42.5 Å². The molecule has 0 aromatic heterocycles. The van der Waals surface area contributed by atoms with Gasteiger partial charge in [-0.2, -0.15) is 0 Å². The van der Waals surface area contributed by atoms with Crippen molar-refractivity contribution in [1.82, 2.24) is 0 Å². The van der Waals surface area contributed by atoms with Crippen LogP contribution in [0.25, 0.3) is 11.1 Å². The lowest BCUT2D eigenvalue weighted by Gasteiger charge is -2.14. The fraction of sp³-hybridized carbons (Fsp3) is 0.118. The number of carbonyl (C=O) groups excluding carboxylic acids is 1. The van der Waals surface area contributed by atoms with Crippen molar-refractivity contribution in [2.45, 2.75) is 12.8 Å². The summed E-state index contributed by atoms with van der Waals surface area (Å²) in [4.78, 5) is 11.7. The molecule has 0 amide bonds. The Labute approximate surface area is 108 Å². The summed E-state index contributed by atoms with van der Waals surface area (Å²) in [7, 11) is 0. The molecule has 2 rings (SSSR count). The molecule has 2 aromatic carbocycles. The molecule has 0 heterocycles. The quantitative estimate of drug-likeness (QED) is 0.727. The van der Waals surface area contributed by atoms with Crippen LogP contribution in [-0.2, 0) is 4.79 Å². The summed E-state index contributed by atoms with van der Waals surface area (Å²) in [5.74, 6) is -0.116. The minimum atomic E-state index is -0.235. The molecule has 0 fully saturated rings. The summed E-state index contributed by atoms with van der Waals surface area (Å²) in [6.07, 6.45) is 1.71. The highest BCUT2D eigenvalue weighted by Gasteiger charge is 2.16. The summed E-state index contributed by atoms with van der Waals surface area (Å²) in [5.41, 5.74) is 3.24. The Morgan fingerprint density at radius 2 is 1.67 bits per heavy atom. The smallest absolute Gasteiger partial charge is 0.141 e. The van der Waals surface area contributed by atoms with Crippen LogP contribution in [0.5, 0.6) is 0 Å². The standard InChI is InChI=1S/C17H16O/c1-3-15(13(2)18)17-12-8-7-11-16(17)14-9-5-4-6-10-14/h3-12,15H,1H2,2H3. The third-order valence-corrected chi connectivity index (χ3v) is 3.05. The van der Waals surface area contributed by atoms with Crippen LogP contribution < -0.4 is 0 Å². The Kier molecular flexibility index (Phi) is 3.73. The molecule has 2 aromatic rings. The van der Waals surface area contributed by atoms with E-state index >= 15 is 0 Å². The first-order chi connectivity index (χ1) is 8.74. The number of rotatable bonds is 4. The molecule has 0 spiro atoms. The van der Waals surface area contributed by atoms with Gasteiger partial charge in [0.1, 0.15) is 5.78 Å². The minimum Gasteiger partial charge on any atom is -0.299 e. The van der Waals surface area contributed by atoms with Crippen LogP contribution in [0.3, 0.4) is 0 Å². The van der Waals surface area contributed by atoms with Gasteiger partial charge in [-0.15, -0.1) is 6.58 Å². The number of carbonyl (C=O) groups is 1. The zero-order valence-electron chi connectivity index (χ0n) is 10.5. The van der Waals surface area contributed by atoms with Crippen molar-refractivity contribution >= 4 is 5.78 Å². The second-order valence-corrected chi connectivity index (χ2v) is 4.28. The molecular weight excluding hydrogens is 220 g/mol. The van der Waals surface area contributed by atoms with Crippen LogP contribution in [0.1, 0.15) is 18.4 Å². The van der Waals surface area contributed by atoms with Crippen molar-refractivity contribution in [3.05, 3.63) is 72.8 Å². The summed E-state index contributed by atoms with van der Waals surface area (Å²) in [5, 5.41) is 0. The zero-order valence-corrected chi connectivity index (χ0v) is 10.5. The van der Waals surface area contributed by atoms with Crippen LogP contribution in [0, 0.1) is 0 Å². The van der Waals surface area contributed by atoms with Crippen LogP contribution >= 0.6 is 0 Å². The second-order valence-electron chi connectivity index (χ2n) is 4.28. The van der Waals surface area contributed by atoms with Gasteiger partial charge in [0, 0.05) is 0 Å². The molecule has 90 valence electrons. The normalized spacial score (nSPS) is 11.8. The largest absolute Gasteiger partial charge is 0.299 e. The highest BCUT2D eigenvalue weighted by Crippen LogP contribution is 2.30. The first-order valence-electron chi connectivity index (χ1n) is 6.01. The SMILES string of the molecule is C=CC(C(C)=O)c1ccccc1-c1ccccc1. The van der Waals surface area contributed by atoms with Gasteiger partial charge in [-0.1, -0.05) is 60.7 Å². The van der Waals surface area contributed by atoms with Crippen LogP contribution in [0.2, 0.25) is 0 Å². The number of allylic oxidation sites excluding steroid dienone is 1. The van der Waals surface area contributed by atoms with Gasteiger partial charge in [0.15, 0.2) is 0 Å². The van der Waals surface area contributed by atoms with Crippen molar-refractivity contribution in [2.75, 3.05) is 0 Å². The highest BCUT2D eigenvalue weighted by molar-refractivity contribution is 5.88. The maximum atomic E-state index is 11.7. The molecule has 0 aliphatic carbocycles. The van der Waals surface area contributed by atoms with Crippen molar-refractivity contribution in [3.63, 3.8) is 0 Å². The molecule has 0 aliphatic heterocycles. The van der Waals surface area contributed by atoms with E-state index in [9.17, 15) is 4.79 Å². The van der Waals surface area contributed by atoms with E-state index in [1.54, 1.807) is 13.0 Å². The summed E-state index contributed by atoms with van der Waals surface area (Å²) in [6.45, 7) is 5.38. The van der Waals surface area contributed by atoms with Gasteiger partial charge < -0.3 is 0 Å². The molecule has 0 N–H and O–H groups in total. The van der Waals surface area contributed by atoms with Gasteiger partial charge >= 0.3 is 0 Å². The molecule has 0 saturated carbocycles. The molecule has 1 unspecified atom stereocenters. The van der Waals surface area contributed by atoms with E-state index in [4.69, 9.17) is 0 Å². The Morgan fingerprint density at radius 3 is 2.28 bits per heavy atom. The predicted molar refractivity (Wildman–Crippen MR) is 75.5 cm³/mol. The van der Waals surface area contributed by atoms with Gasteiger partial charge in [0.2, 0.25) is 0 Å². The molecule has 1 nitrogen and oxygen atoms in total. The van der Waals surface area contributed by atoms with Gasteiger partial charge in [0.25, 0.3) is 0 Å². The maximum absolute atomic E-state index is 11.7. The molecule has 0 bridgehead atoms. The number of hydrogen-bond acceptors (Lipinski definition) is 1. The zero-order chi connectivity index (χ0) is 13.0. The topological polar surface area (TPSA) is 17.1 Å². The van der Waals surface area contributed by atoms with Gasteiger partial charge in [0.05, 0.1) is 5.92 Å². The Bertz CT molecular complexity index is 555. The highest BCUT2D eigenvalue weighted by atomic mass is 16.1. The van der Waals surface area contributed by atoms with Crippen molar-refractivity contribution < 1.29 is 4.79 Å². The third kappa shape index (κ3) is 2.40. The summed E-state index contributed by atoms with van der Waals surface area (Å²) in [6, 6.07) is 18.1. The Balaban J connectivity index is 2.56. The fourth-order valence-electron chi connectivity index (χ4n) is 2.16. The van der Waals surface area contributed by atoms with E-state index in [1.165, 1.54) is 0 Å².